The molecule has 0 fully saturated rings. The van der Waals surface area contributed by atoms with Crippen molar-refractivity contribution >= 4 is 21.9 Å². The molecule has 96 valence electrons. The Morgan fingerprint density at radius 1 is 0.850 bits per heavy atom. The van der Waals surface area contributed by atoms with Crippen LogP contribution in [0.3, 0.4) is 0 Å². The van der Waals surface area contributed by atoms with E-state index in [2.05, 4.69) is 48.3 Å². The highest BCUT2D eigenvalue weighted by Gasteiger charge is 2.16. The van der Waals surface area contributed by atoms with E-state index in [1.165, 1.54) is 5.56 Å². The zero-order valence-electron chi connectivity index (χ0n) is 11.2. The molecule has 20 heavy (non-hydrogen) atoms. The van der Waals surface area contributed by atoms with Gasteiger partial charge in [-0.2, -0.15) is 0 Å². The molecule has 4 rings (SSSR count). The van der Waals surface area contributed by atoms with Crippen LogP contribution in [0.15, 0.2) is 65.1 Å². The number of hydrogen-bond acceptors (Lipinski definition) is 1. The van der Waals surface area contributed by atoms with Gasteiger partial charge >= 0.3 is 0 Å². The average molecular weight is 260 g/mol. The van der Waals surface area contributed by atoms with Crippen LogP contribution in [0.25, 0.3) is 33.2 Å². The molecule has 0 aliphatic heterocycles. The number of aromatic nitrogens is 1. The fourth-order valence-electron chi connectivity index (χ4n) is 2.70. The summed E-state index contributed by atoms with van der Waals surface area (Å²) < 4.78 is 5.94. The van der Waals surface area contributed by atoms with Gasteiger partial charge in [0, 0.05) is 29.3 Å². The van der Waals surface area contributed by atoms with Gasteiger partial charge in [-0.3, -0.25) is 0 Å². The summed E-state index contributed by atoms with van der Waals surface area (Å²) in [6.45, 7) is 2.05. The van der Waals surface area contributed by atoms with Crippen LogP contribution in [0.1, 0.15) is 5.69 Å². The van der Waals surface area contributed by atoms with Crippen LogP contribution in [0.4, 0.5) is 0 Å². The van der Waals surface area contributed by atoms with Crippen molar-refractivity contribution in [3.05, 3.63) is 66.4 Å². The number of fused-ring (bicyclic) bond motifs is 3. The largest absolute Gasteiger partial charge is 0.449 e. The minimum Gasteiger partial charge on any atom is -0.449 e. The summed E-state index contributed by atoms with van der Waals surface area (Å²) in [6, 6.07) is 20.7. The number of benzene rings is 2. The van der Waals surface area contributed by atoms with Crippen molar-refractivity contribution in [2.24, 2.45) is 0 Å². The molecule has 2 aromatic carbocycles. The smallest absolute Gasteiger partial charge is 0.220 e. The lowest BCUT2D eigenvalue weighted by Gasteiger charge is -1.97. The Kier molecular flexibility index (Phi) is 2.36. The number of H-pyrrole nitrogens is 1. The van der Waals surface area contributed by atoms with Crippen LogP contribution >= 0.6 is 0 Å². The molecule has 2 heteroatoms. The Bertz CT molecular complexity index is 907. The summed E-state index contributed by atoms with van der Waals surface area (Å²) in [7, 11) is 0. The van der Waals surface area contributed by atoms with Gasteiger partial charge in [-0.25, -0.2) is 4.98 Å². The second kappa shape index (κ2) is 4.20. The van der Waals surface area contributed by atoms with Crippen LogP contribution < -0.4 is 4.98 Å². The van der Waals surface area contributed by atoms with Crippen LogP contribution in [-0.4, -0.2) is 0 Å². The molecule has 0 saturated carbocycles. The molecule has 2 heterocycles. The van der Waals surface area contributed by atoms with Crippen molar-refractivity contribution in [1.29, 1.82) is 0 Å². The summed E-state index contributed by atoms with van der Waals surface area (Å²) in [4.78, 5) is 3.43. The van der Waals surface area contributed by atoms with Crippen molar-refractivity contribution in [1.82, 2.24) is 0 Å². The predicted octanol–water partition coefficient (Wildman–Crippen LogP) is 4.38. The van der Waals surface area contributed by atoms with Gasteiger partial charge in [-0.05, 0) is 18.2 Å². The van der Waals surface area contributed by atoms with E-state index in [0.29, 0.717) is 0 Å². The molecule has 0 radical (unpaired) electrons. The number of furan rings is 1. The first-order valence-corrected chi connectivity index (χ1v) is 6.72. The number of hydrogen-bond donors (Lipinski definition) is 0. The Labute approximate surface area is 116 Å². The zero-order chi connectivity index (χ0) is 13.5. The number of aromatic amines is 1. The van der Waals surface area contributed by atoms with E-state index in [-0.39, 0.29) is 0 Å². The maximum atomic E-state index is 5.94. The van der Waals surface area contributed by atoms with E-state index in [0.717, 1.165) is 33.3 Å². The van der Waals surface area contributed by atoms with E-state index < -0.39 is 0 Å². The standard InChI is InChI=1S/C18H13NO/c1-12-18-15(14-9-5-6-10-17(14)20-18)11-16(19-12)13-7-3-2-4-8-13/h2-11H,1H3/p+1. The summed E-state index contributed by atoms with van der Waals surface area (Å²) in [6.07, 6.45) is 0. The summed E-state index contributed by atoms with van der Waals surface area (Å²) >= 11 is 0. The Hall–Kier alpha value is -2.61. The van der Waals surface area contributed by atoms with E-state index >= 15 is 0 Å². The molecule has 1 N–H and O–H groups in total. The summed E-state index contributed by atoms with van der Waals surface area (Å²) in [5, 5.41) is 2.33. The predicted molar refractivity (Wildman–Crippen MR) is 80.4 cm³/mol. The topological polar surface area (TPSA) is 27.3 Å². The maximum Gasteiger partial charge on any atom is 0.220 e. The Morgan fingerprint density at radius 3 is 2.45 bits per heavy atom. The van der Waals surface area contributed by atoms with Crippen molar-refractivity contribution in [3.8, 4) is 11.3 Å². The molecular weight excluding hydrogens is 246 g/mol. The second-order valence-corrected chi connectivity index (χ2v) is 5.02. The highest BCUT2D eigenvalue weighted by molar-refractivity contribution is 6.05. The molecule has 0 aliphatic rings. The van der Waals surface area contributed by atoms with Crippen molar-refractivity contribution in [2.45, 2.75) is 6.92 Å². The molecule has 2 aromatic heterocycles. The van der Waals surface area contributed by atoms with E-state index in [9.17, 15) is 0 Å². The van der Waals surface area contributed by atoms with Gasteiger partial charge in [-0.15, -0.1) is 0 Å². The lowest BCUT2D eigenvalue weighted by Crippen LogP contribution is -2.11. The number of aryl methyl sites for hydroxylation is 1. The SMILES string of the molecule is Cc1[nH+]c(-c2ccccc2)cc2c1oc1ccccc12. The van der Waals surface area contributed by atoms with Crippen LogP contribution in [0, 0.1) is 6.92 Å². The van der Waals surface area contributed by atoms with E-state index in [1.54, 1.807) is 0 Å². The molecule has 0 spiro atoms. The lowest BCUT2D eigenvalue weighted by atomic mass is 10.1. The summed E-state index contributed by atoms with van der Waals surface area (Å²) in [5.41, 5.74) is 5.22. The molecule has 0 bridgehead atoms. The third-order valence-electron chi connectivity index (χ3n) is 3.67. The fourth-order valence-corrected chi connectivity index (χ4v) is 2.70. The van der Waals surface area contributed by atoms with Crippen LogP contribution in [0.2, 0.25) is 0 Å². The van der Waals surface area contributed by atoms with Crippen molar-refractivity contribution in [3.63, 3.8) is 0 Å². The summed E-state index contributed by atoms with van der Waals surface area (Å²) in [5.74, 6) is 0. The van der Waals surface area contributed by atoms with Crippen molar-refractivity contribution < 1.29 is 9.40 Å². The third-order valence-corrected chi connectivity index (χ3v) is 3.67. The first kappa shape index (κ1) is 11.2. The Morgan fingerprint density at radius 2 is 1.60 bits per heavy atom. The van der Waals surface area contributed by atoms with Crippen LogP contribution in [0.5, 0.6) is 0 Å². The van der Waals surface area contributed by atoms with Gasteiger partial charge in [0.05, 0.1) is 0 Å². The highest BCUT2D eigenvalue weighted by atomic mass is 16.3. The van der Waals surface area contributed by atoms with Crippen molar-refractivity contribution in [2.75, 3.05) is 0 Å². The first-order chi connectivity index (χ1) is 9.83. The maximum absolute atomic E-state index is 5.94. The molecule has 0 aliphatic carbocycles. The molecular formula is C18H14NO+. The van der Waals surface area contributed by atoms with Gasteiger partial charge in [0.1, 0.15) is 5.58 Å². The average Bonchev–Trinajstić information content (AvgIpc) is 2.88. The molecule has 0 saturated heterocycles. The number of pyridine rings is 1. The molecule has 0 amide bonds. The van der Waals surface area contributed by atoms with Gasteiger partial charge < -0.3 is 4.42 Å². The second-order valence-electron chi connectivity index (χ2n) is 5.02. The van der Waals surface area contributed by atoms with E-state index in [4.69, 9.17) is 4.42 Å². The van der Waals surface area contributed by atoms with Gasteiger partial charge in [0.25, 0.3) is 0 Å². The number of para-hydroxylation sites is 1. The lowest BCUT2D eigenvalue weighted by molar-refractivity contribution is -0.372. The van der Waals surface area contributed by atoms with E-state index in [1.807, 2.05) is 24.3 Å². The van der Waals surface area contributed by atoms with Gasteiger partial charge in [-0.1, -0.05) is 36.4 Å². The highest BCUT2D eigenvalue weighted by Crippen LogP contribution is 2.31. The molecule has 0 unspecified atom stereocenters. The normalized spacial score (nSPS) is 11.2. The van der Waals surface area contributed by atoms with Crippen LogP contribution in [-0.2, 0) is 0 Å². The number of rotatable bonds is 1. The quantitative estimate of drug-likeness (QED) is 0.499. The Balaban J connectivity index is 2.08. The van der Waals surface area contributed by atoms with Gasteiger partial charge in [0.2, 0.25) is 17.0 Å². The first-order valence-electron chi connectivity index (χ1n) is 6.72. The minimum absolute atomic E-state index is 0.934. The molecule has 0 atom stereocenters. The number of nitrogens with one attached hydrogen (secondary N) is 1. The minimum atomic E-state index is 0.934. The third kappa shape index (κ3) is 1.62. The molecule has 4 aromatic rings. The zero-order valence-corrected chi connectivity index (χ0v) is 11.2. The van der Waals surface area contributed by atoms with Gasteiger partial charge in [0.15, 0.2) is 0 Å². The molecule has 2 nitrogen and oxygen atoms in total. The fraction of sp³-hybridized carbons (Fsp3) is 0.0556. The monoisotopic (exact) mass is 260 g/mol.